The van der Waals surface area contributed by atoms with E-state index in [0.29, 0.717) is 4.88 Å². The van der Waals surface area contributed by atoms with Gasteiger partial charge in [-0.2, -0.15) is 0 Å². The molecule has 0 saturated carbocycles. The summed E-state index contributed by atoms with van der Waals surface area (Å²) in [6.07, 6.45) is 3.25. The van der Waals surface area contributed by atoms with E-state index in [-0.39, 0.29) is 12.3 Å². The first-order chi connectivity index (χ1) is 10.1. The van der Waals surface area contributed by atoms with Crippen molar-refractivity contribution in [2.45, 2.75) is 32.2 Å². The minimum Gasteiger partial charge on any atom is -0.481 e. The molecule has 0 aliphatic rings. The number of aliphatic carboxylic acids is 1. The number of aryl methyl sites for hydroxylation is 1. The highest BCUT2D eigenvalue weighted by Crippen LogP contribution is 2.23. The molecule has 5 nitrogen and oxygen atoms in total. The SMILES string of the molecule is CCCc1ncc(C(=O)NC(CC(=O)O)c2cccs2)s1. The Bertz CT molecular complexity index is 608. The van der Waals surface area contributed by atoms with Crippen LogP contribution in [0.25, 0.3) is 0 Å². The van der Waals surface area contributed by atoms with E-state index >= 15 is 0 Å². The summed E-state index contributed by atoms with van der Waals surface area (Å²) in [5, 5.41) is 14.6. The van der Waals surface area contributed by atoms with Crippen molar-refractivity contribution in [1.29, 1.82) is 0 Å². The first kappa shape index (κ1) is 15.7. The Morgan fingerprint density at radius 3 is 2.90 bits per heavy atom. The maximum absolute atomic E-state index is 12.2. The van der Waals surface area contributed by atoms with Gasteiger partial charge in [-0.3, -0.25) is 9.59 Å². The highest BCUT2D eigenvalue weighted by atomic mass is 32.1. The number of rotatable bonds is 7. The smallest absolute Gasteiger partial charge is 0.305 e. The van der Waals surface area contributed by atoms with Gasteiger partial charge < -0.3 is 10.4 Å². The van der Waals surface area contributed by atoms with Crippen molar-refractivity contribution in [1.82, 2.24) is 10.3 Å². The van der Waals surface area contributed by atoms with Crippen molar-refractivity contribution < 1.29 is 14.7 Å². The fraction of sp³-hybridized carbons (Fsp3) is 0.357. The van der Waals surface area contributed by atoms with Crippen LogP contribution in [0, 0.1) is 0 Å². The molecule has 0 aliphatic carbocycles. The molecular formula is C14H16N2O3S2. The van der Waals surface area contributed by atoms with Crippen molar-refractivity contribution in [2.75, 3.05) is 0 Å². The van der Waals surface area contributed by atoms with Crippen LogP contribution in [0.2, 0.25) is 0 Å². The predicted octanol–water partition coefficient (Wildman–Crippen LogP) is 3.10. The molecule has 0 fully saturated rings. The van der Waals surface area contributed by atoms with Crippen LogP contribution in [0.5, 0.6) is 0 Å². The summed E-state index contributed by atoms with van der Waals surface area (Å²) in [5.74, 6) is -1.21. The molecule has 0 bridgehead atoms. The van der Waals surface area contributed by atoms with Gasteiger partial charge in [0, 0.05) is 4.88 Å². The summed E-state index contributed by atoms with van der Waals surface area (Å²) in [7, 11) is 0. The second kappa shape index (κ2) is 7.33. The molecule has 112 valence electrons. The molecule has 2 aromatic rings. The van der Waals surface area contributed by atoms with Crippen molar-refractivity contribution in [2.24, 2.45) is 0 Å². The fourth-order valence-corrected chi connectivity index (χ4v) is 3.56. The molecule has 2 aromatic heterocycles. The van der Waals surface area contributed by atoms with Gasteiger partial charge in [0.05, 0.1) is 23.7 Å². The van der Waals surface area contributed by atoms with E-state index in [4.69, 9.17) is 5.11 Å². The van der Waals surface area contributed by atoms with Crippen molar-refractivity contribution in [3.8, 4) is 0 Å². The van der Waals surface area contributed by atoms with E-state index in [2.05, 4.69) is 17.2 Å². The summed E-state index contributed by atoms with van der Waals surface area (Å²) >= 11 is 2.79. The largest absolute Gasteiger partial charge is 0.481 e. The predicted molar refractivity (Wildman–Crippen MR) is 82.9 cm³/mol. The summed E-state index contributed by atoms with van der Waals surface area (Å²) in [6, 6.07) is 3.16. The van der Waals surface area contributed by atoms with Crippen LogP contribution in [-0.4, -0.2) is 22.0 Å². The standard InChI is InChI=1S/C14H16N2O3S2/c1-2-4-12-15-8-11(21-12)14(19)16-9(7-13(17)18)10-5-3-6-20-10/h3,5-6,8-9H,2,4,7H2,1H3,(H,16,19)(H,17,18). The number of carboxylic acid groups (broad SMARTS) is 1. The Labute approximate surface area is 130 Å². The Hall–Kier alpha value is -1.73. The third-order valence-electron chi connectivity index (χ3n) is 2.81. The number of hydrogen-bond acceptors (Lipinski definition) is 5. The number of nitrogens with zero attached hydrogens (tertiary/aromatic N) is 1. The highest BCUT2D eigenvalue weighted by Gasteiger charge is 2.20. The van der Waals surface area contributed by atoms with Gasteiger partial charge in [-0.1, -0.05) is 13.0 Å². The number of hydrogen-bond donors (Lipinski definition) is 2. The molecule has 2 N–H and O–H groups in total. The normalized spacial score (nSPS) is 12.0. The zero-order valence-corrected chi connectivity index (χ0v) is 13.2. The fourth-order valence-electron chi connectivity index (χ4n) is 1.86. The van der Waals surface area contributed by atoms with E-state index in [1.807, 2.05) is 17.5 Å². The first-order valence-electron chi connectivity index (χ1n) is 6.61. The molecule has 7 heteroatoms. The second-order valence-corrected chi connectivity index (χ2v) is 6.60. The lowest BCUT2D eigenvalue weighted by Crippen LogP contribution is -2.29. The molecule has 1 amide bonds. The van der Waals surface area contributed by atoms with E-state index < -0.39 is 12.0 Å². The minimum absolute atomic E-state index is 0.132. The lowest BCUT2D eigenvalue weighted by Gasteiger charge is -2.14. The van der Waals surface area contributed by atoms with Crippen LogP contribution >= 0.6 is 22.7 Å². The van der Waals surface area contributed by atoms with Gasteiger partial charge in [0.15, 0.2) is 0 Å². The monoisotopic (exact) mass is 324 g/mol. The van der Waals surface area contributed by atoms with E-state index in [0.717, 1.165) is 22.7 Å². The van der Waals surface area contributed by atoms with E-state index in [1.54, 1.807) is 6.20 Å². The molecule has 0 saturated heterocycles. The summed E-state index contributed by atoms with van der Waals surface area (Å²) < 4.78 is 0. The Balaban J connectivity index is 2.08. The highest BCUT2D eigenvalue weighted by molar-refractivity contribution is 7.13. The maximum atomic E-state index is 12.2. The van der Waals surface area contributed by atoms with Gasteiger partial charge in [-0.05, 0) is 24.3 Å². The zero-order chi connectivity index (χ0) is 15.2. The lowest BCUT2D eigenvalue weighted by atomic mass is 10.1. The quantitative estimate of drug-likeness (QED) is 0.820. The molecule has 1 atom stereocenters. The molecule has 0 radical (unpaired) electrons. The van der Waals surface area contributed by atoms with Crippen LogP contribution in [0.4, 0.5) is 0 Å². The molecule has 2 rings (SSSR count). The summed E-state index contributed by atoms with van der Waals surface area (Å²) in [6.45, 7) is 2.06. The van der Waals surface area contributed by atoms with Gasteiger partial charge in [0.25, 0.3) is 5.91 Å². The number of thiazole rings is 1. The average Bonchev–Trinajstić information content (AvgIpc) is 3.09. The van der Waals surface area contributed by atoms with Crippen molar-refractivity contribution in [3.63, 3.8) is 0 Å². The number of amides is 1. The van der Waals surface area contributed by atoms with Gasteiger partial charge in [0.2, 0.25) is 0 Å². The van der Waals surface area contributed by atoms with Crippen LogP contribution < -0.4 is 5.32 Å². The van der Waals surface area contributed by atoms with Crippen LogP contribution in [0.3, 0.4) is 0 Å². The van der Waals surface area contributed by atoms with Crippen LogP contribution in [0.15, 0.2) is 23.7 Å². The third-order valence-corrected chi connectivity index (χ3v) is 4.85. The maximum Gasteiger partial charge on any atom is 0.305 e. The van der Waals surface area contributed by atoms with Gasteiger partial charge in [0.1, 0.15) is 4.88 Å². The number of aromatic nitrogens is 1. The second-order valence-electron chi connectivity index (χ2n) is 4.51. The van der Waals surface area contributed by atoms with Crippen molar-refractivity contribution >= 4 is 34.6 Å². The van der Waals surface area contributed by atoms with Gasteiger partial charge >= 0.3 is 5.97 Å². The Morgan fingerprint density at radius 1 is 1.48 bits per heavy atom. The zero-order valence-electron chi connectivity index (χ0n) is 11.5. The topological polar surface area (TPSA) is 79.3 Å². The van der Waals surface area contributed by atoms with Crippen molar-refractivity contribution in [3.05, 3.63) is 38.5 Å². The number of carboxylic acids is 1. The summed E-state index contributed by atoms with van der Waals surface area (Å²) in [4.78, 5) is 28.7. The molecule has 1 unspecified atom stereocenters. The van der Waals surface area contributed by atoms with E-state index in [1.165, 1.54) is 22.7 Å². The number of thiophene rings is 1. The summed E-state index contributed by atoms with van der Waals surface area (Å²) in [5.41, 5.74) is 0. The minimum atomic E-state index is -0.940. The molecule has 0 aliphatic heterocycles. The third kappa shape index (κ3) is 4.37. The molecular weight excluding hydrogens is 308 g/mol. The lowest BCUT2D eigenvalue weighted by molar-refractivity contribution is -0.137. The van der Waals surface area contributed by atoms with Crippen LogP contribution in [-0.2, 0) is 11.2 Å². The van der Waals surface area contributed by atoms with Gasteiger partial charge in [-0.15, -0.1) is 22.7 Å². The molecule has 0 spiro atoms. The van der Waals surface area contributed by atoms with E-state index in [9.17, 15) is 9.59 Å². The van der Waals surface area contributed by atoms with Crippen LogP contribution in [0.1, 0.15) is 45.4 Å². The number of carbonyl (C=O) groups excluding carboxylic acids is 1. The number of carbonyl (C=O) groups is 2. The average molecular weight is 324 g/mol. The van der Waals surface area contributed by atoms with Gasteiger partial charge in [-0.25, -0.2) is 4.98 Å². The Morgan fingerprint density at radius 2 is 2.29 bits per heavy atom. The Kier molecular flexibility index (Phi) is 5.46. The molecule has 0 aromatic carbocycles. The number of nitrogens with one attached hydrogen (secondary N) is 1. The molecule has 2 heterocycles. The first-order valence-corrected chi connectivity index (χ1v) is 8.30. The molecule has 21 heavy (non-hydrogen) atoms.